The monoisotopic (exact) mass is 275 g/mol. The second-order valence-electron chi connectivity index (χ2n) is 3.28. The van der Waals surface area contributed by atoms with E-state index in [0.29, 0.717) is 18.2 Å². The lowest BCUT2D eigenvalue weighted by Crippen LogP contribution is -2.17. The Morgan fingerprint density at radius 3 is 2.71 bits per heavy atom. The molecule has 0 saturated carbocycles. The Morgan fingerprint density at radius 2 is 2.14 bits per heavy atom. The quantitative estimate of drug-likeness (QED) is 0.915. The van der Waals surface area contributed by atoms with Crippen molar-refractivity contribution in [1.82, 2.24) is 0 Å². The van der Waals surface area contributed by atoms with Crippen LogP contribution in [0.25, 0.3) is 0 Å². The summed E-state index contributed by atoms with van der Waals surface area (Å²) < 4.78 is 12.8. The molecule has 2 atom stereocenters. The highest BCUT2D eigenvalue weighted by Gasteiger charge is 2.10. The van der Waals surface area contributed by atoms with E-state index in [0.717, 1.165) is 9.37 Å². The van der Waals surface area contributed by atoms with Crippen molar-refractivity contribution in [1.29, 1.82) is 0 Å². The number of nitrogens with two attached hydrogens (primary N) is 1. The molecule has 0 aliphatic carbocycles. The molecule has 0 radical (unpaired) electrons. The van der Waals surface area contributed by atoms with Crippen molar-refractivity contribution in [2.24, 2.45) is 11.7 Å². The van der Waals surface area contributed by atoms with Crippen molar-refractivity contribution in [3.05, 3.63) is 28.7 Å². The Morgan fingerprint density at radius 1 is 1.50 bits per heavy atom. The molecule has 14 heavy (non-hydrogen) atoms. The predicted octanol–water partition coefficient (Wildman–Crippen LogP) is 2.15. The summed E-state index contributed by atoms with van der Waals surface area (Å²) in [5, 5.41) is 0. The molecule has 0 saturated heterocycles. The third-order valence-electron chi connectivity index (χ3n) is 1.92. The van der Waals surface area contributed by atoms with Crippen molar-refractivity contribution >= 4 is 26.7 Å². The topological polar surface area (TPSA) is 43.1 Å². The first-order valence-corrected chi connectivity index (χ1v) is 6.59. The summed E-state index contributed by atoms with van der Waals surface area (Å²) in [6.07, 6.45) is 0. The summed E-state index contributed by atoms with van der Waals surface area (Å²) in [4.78, 5) is 0.854. The van der Waals surface area contributed by atoms with E-state index in [-0.39, 0.29) is 0 Å². The van der Waals surface area contributed by atoms with Crippen LogP contribution in [0, 0.1) is 5.92 Å². The minimum atomic E-state index is -0.952. The normalized spacial score (nSPS) is 15.1. The molecule has 2 nitrogen and oxygen atoms in total. The van der Waals surface area contributed by atoms with Gasteiger partial charge in [-0.15, -0.1) is 0 Å². The van der Waals surface area contributed by atoms with Crippen molar-refractivity contribution in [3.8, 4) is 0 Å². The first-order chi connectivity index (χ1) is 6.65. The van der Waals surface area contributed by atoms with Gasteiger partial charge in [-0.3, -0.25) is 4.21 Å². The van der Waals surface area contributed by atoms with Crippen LogP contribution in [0.3, 0.4) is 0 Å². The Kier molecular flexibility index (Phi) is 4.78. The molecule has 0 aliphatic rings. The molecule has 0 fully saturated rings. The maximum absolute atomic E-state index is 11.9. The lowest BCUT2D eigenvalue weighted by molar-refractivity contribution is 0.640. The molecule has 1 rings (SSSR count). The maximum atomic E-state index is 11.9. The first-order valence-electron chi connectivity index (χ1n) is 4.48. The van der Waals surface area contributed by atoms with Crippen molar-refractivity contribution in [2.45, 2.75) is 11.8 Å². The van der Waals surface area contributed by atoms with Crippen LogP contribution in [-0.2, 0) is 10.8 Å². The molecule has 0 spiro atoms. The summed E-state index contributed by atoms with van der Waals surface area (Å²) >= 11 is 3.38. The first kappa shape index (κ1) is 11.9. The largest absolute Gasteiger partial charge is 0.330 e. The fraction of sp³-hybridized carbons (Fsp3) is 0.400. The standard InChI is InChI=1S/C10H14BrNOS/c1-8(6-12)7-14(13)10-5-3-2-4-9(10)11/h2-5,8H,6-7,12H2,1H3. The van der Waals surface area contributed by atoms with Crippen LogP contribution in [-0.4, -0.2) is 16.5 Å². The Balaban J connectivity index is 2.75. The average Bonchev–Trinajstić information content (AvgIpc) is 2.18. The zero-order valence-electron chi connectivity index (χ0n) is 8.07. The van der Waals surface area contributed by atoms with Gasteiger partial charge in [0.2, 0.25) is 0 Å². The average molecular weight is 276 g/mol. The lowest BCUT2D eigenvalue weighted by atomic mass is 10.2. The Labute approximate surface area is 95.5 Å². The molecule has 1 aromatic carbocycles. The van der Waals surface area contributed by atoms with E-state index in [9.17, 15) is 4.21 Å². The van der Waals surface area contributed by atoms with Gasteiger partial charge >= 0.3 is 0 Å². The summed E-state index contributed by atoms with van der Waals surface area (Å²) in [5.41, 5.74) is 5.49. The van der Waals surface area contributed by atoms with Gasteiger partial charge in [0.25, 0.3) is 0 Å². The zero-order chi connectivity index (χ0) is 10.6. The molecule has 78 valence electrons. The van der Waals surface area contributed by atoms with E-state index in [1.165, 1.54) is 0 Å². The van der Waals surface area contributed by atoms with Crippen molar-refractivity contribution in [3.63, 3.8) is 0 Å². The van der Waals surface area contributed by atoms with Crippen LogP contribution < -0.4 is 5.73 Å². The highest BCUT2D eigenvalue weighted by Crippen LogP contribution is 2.20. The molecule has 4 heteroatoms. The minimum Gasteiger partial charge on any atom is -0.330 e. The van der Waals surface area contributed by atoms with Crippen LogP contribution >= 0.6 is 15.9 Å². The van der Waals surface area contributed by atoms with Gasteiger partial charge in [-0.25, -0.2) is 0 Å². The number of halogens is 1. The molecule has 0 aromatic heterocycles. The summed E-state index contributed by atoms with van der Waals surface area (Å²) in [6.45, 7) is 2.59. The van der Waals surface area contributed by atoms with E-state index in [1.54, 1.807) is 0 Å². The van der Waals surface area contributed by atoms with Gasteiger partial charge in [0.1, 0.15) is 0 Å². The van der Waals surface area contributed by atoms with Gasteiger partial charge < -0.3 is 5.73 Å². The number of rotatable bonds is 4. The molecule has 2 unspecified atom stereocenters. The fourth-order valence-electron chi connectivity index (χ4n) is 1.05. The van der Waals surface area contributed by atoms with Gasteiger partial charge in [0.15, 0.2) is 0 Å². The lowest BCUT2D eigenvalue weighted by Gasteiger charge is -2.08. The van der Waals surface area contributed by atoms with Gasteiger partial charge in [0.05, 0.1) is 15.7 Å². The van der Waals surface area contributed by atoms with E-state index >= 15 is 0 Å². The van der Waals surface area contributed by atoms with Crippen LogP contribution in [0.2, 0.25) is 0 Å². The van der Waals surface area contributed by atoms with E-state index in [4.69, 9.17) is 5.73 Å². The van der Waals surface area contributed by atoms with E-state index in [1.807, 2.05) is 31.2 Å². The highest BCUT2D eigenvalue weighted by atomic mass is 79.9. The molecule has 0 bridgehead atoms. The fourth-order valence-corrected chi connectivity index (χ4v) is 3.22. The molecule has 2 N–H and O–H groups in total. The van der Waals surface area contributed by atoms with Crippen LogP contribution in [0.1, 0.15) is 6.92 Å². The van der Waals surface area contributed by atoms with Crippen molar-refractivity contribution in [2.75, 3.05) is 12.3 Å². The van der Waals surface area contributed by atoms with E-state index in [2.05, 4.69) is 15.9 Å². The summed E-state index contributed by atoms with van der Waals surface area (Å²) in [5.74, 6) is 0.919. The molecule has 0 amide bonds. The minimum absolute atomic E-state index is 0.294. The van der Waals surface area contributed by atoms with Crippen LogP contribution in [0.15, 0.2) is 33.6 Å². The zero-order valence-corrected chi connectivity index (χ0v) is 10.5. The Bertz CT molecular complexity index is 330. The highest BCUT2D eigenvalue weighted by molar-refractivity contribution is 9.10. The second-order valence-corrected chi connectivity index (χ2v) is 5.60. The third kappa shape index (κ3) is 3.19. The summed E-state index contributed by atoms with van der Waals surface area (Å²) in [6, 6.07) is 7.59. The van der Waals surface area contributed by atoms with Gasteiger partial charge in [0, 0.05) is 10.2 Å². The smallest absolute Gasteiger partial charge is 0.0544 e. The van der Waals surface area contributed by atoms with Crippen LogP contribution in [0.4, 0.5) is 0 Å². The molecule has 1 aromatic rings. The van der Waals surface area contributed by atoms with Gasteiger partial charge in [-0.2, -0.15) is 0 Å². The summed E-state index contributed by atoms with van der Waals surface area (Å²) in [7, 11) is -0.952. The number of hydrogen-bond acceptors (Lipinski definition) is 2. The van der Waals surface area contributed by atoms with Crippen LogP contribution in [0.5, 0.6) is 0 Å². The number of hydrogen-bond donors (Lipinski definition) is 1. The molecular weight excluding hydrogens is 262 g/mol. The predicted molar refractivity (Wildman–Crippen MR) is 63.6 cm³/mol. The SMILES string of the molecule is CC(CN)CS(=O)c1ccccc1Br. The number of benzene rings is 1. The molecular formula is C10H14BrNOS. The van der Waals surface area contributed by atoms with Gasteiger partial charge in [-0.1, -0.05) is 19.1 Å². The van der Waals surface area contributed by atoms with E-state index < -0.39 is 10.8 Å². The molecule has 0 heterocycles. The third-order valence-corrected chi connectivity index (χ3v) is 4.59. The molecule has 0 aliphatic heterocycles. The maximum Gasteiger partial charge on any atom is 0.0544 e. The van der Waals surface area contributed by atoms with Crippen molar-refractivity contribution < 1.29 is 4.21 Å². The van der Waals surface area contributed by atoms with Gasteiger partial charge in [-0.05, 0) is 40.5 Å². The Hall–Kier alpha value is -0.190. The second kappa shape index (κ2) is 5.63.